The number of para-hydroxylation sites is 1. The number of hydrogen-bond donors (Lipinski definition) is 1. The van der Waals surface area contributed by atoms with Crippen LogP contribution in [-0.2, 0) is 11.8 Å². The van der Waals surface area contributed by atoms with Gasteiger partial charge in [0.2, 0.25) is 5.91 Å². The lowest BCUT2D eigenvalue weighted by atomic mass is 9.85. The second-order valence-corrected chi connectivity index (χ2v) is 5.25. The molecular weight excluding hydrogens is 266 g/mol. The molecule has 5 nitrogen and oxygen atoms in total. The lowest BCUT2D eigenvalue weighted by molar-refractivity contribution is -0.116. The number of carbonyl (C=O) groups excluding carboxylic acids is 1. The van der Waals surface area contributed by atoms with Crippen molar-refractivity contribution in [3.05, 3.63) is 41.1 Å². The Bertz CT molecular complexity index is 691. The smallest absolute Gasteiger partial charge is 0.226 e. The first-order chi connectivity index (χ1) is 10.1. The Balaban J connectivity index is 2.14. The maximum absolute atomic E-state index is 12.0. The third-order valence-corrected chi connectivity index (χ3v) is 3.86. The standard InChI is InChI=1S/C16H19N3O2/c1-4-21-13-8-6-5-7-11(13)12-9-14(20)17-16-15(12)10(2)18-19(16)3/h5-8,12H,4,9H2,1-3H3,(H,17,20)/t12-/m1/s1. The maximum atomic E-state index is 12.0. The van der Waals surface area contributed by atoms with Crippen molar-refractivity contribution in [2.75, 3.05) is 11.9 Å². The number of nitrogens with one attached hydrogen (secondary N) is 1. The van der Waals surface area contributed by atoms with E-state index in [1.54, 1.807) is 4.68 Å². The second-order valence-electron chi connectivity index (χ2n) is 5.25. The monoisotopic (exact) mass is 285 g/mol. The van der Waals surface area contributed by atoms with Gasteiger partial charge in [0.25, 0.3) is 0 Å². The van der Waals surface area contributed by atoms with E-state index < -0.39 is 0 Å². The molecule has 1 aliphatic rings. The molecule has 1 aromatic heterocycles. The molecule has 110 valence electrons. The highest BCUT2D eigenvalue weighted by Crippen LogP contribution is 2.41. The van der Waals surface area contributed by atoms with Crippen molar-refractivity contribution in [3.8, 4) is 5.75 Å². The molecule has 5 heteroatoms. The summed E-state index contributed by atoms with van der Waals surface area (Å²) in [5.74, 6) is 1.64. The Kier molecular flexibility index (Phi) is 3.41. The van der Waals surface area contributed by atoms with Crippen LogP contribution in [0.25, 0.3) is 0 Å². The van der Waals surface area contributed by atoms with Gasteiger partial charge in [-0.1, -0.05) is 18.2 Å². The van der Waals surface area contributed by atoms with Crippen LogP contribution in [0.15, 0.2) is 24.3 Å². The zero-order chi connectivity index (χ0) is 15.0. The second kappa shape index (κ2) is 5.24. The van der Waals surface area contributed by atoms with Gasteiger partial charge in [0, 0.05) is 30.5 Å². The number of anilines is 1. The number of hydrogen-bond acceptors (Lipinski definition) is 3. The number of benzene rings is 1. The van der Waals surface area contributed by atoms with Crippen LogP contribution >= 0.6 is 0 Å². The van der Waals surface area contributed by atoms with Crippen molar-refractivity contribution in [1.82, 2.24) is 9.78 Å². The van der Waals surface area contributed by atoms with Crippen LogP contribution in [0.3, 0.4) is 0 Å². The van der Waals surface area contributed by atoms with Crippen LogP contribution < -0.4 is 10.1 Å². The summed E-state index contributed by atoms with van der Waals surface area (Å²) in [4.78, 5) is 12.0. The van der Waals surface area contributed by atoms with Gasteiger partial charge in [-0.3, -0.25) is 9.48 Å². The molecule has 0 bridgehead atoms. The Hall–Kier alpha value is -2.30. The highest BCUT2D eigenvalue weighted by Gasteiger charge is 2.32. The summed E-state index contributed by atoms with van der Waals surface area (Å²) in [5, 5.41) is 7.36. The number of rotatable bonds is 3. The number of nitrogens with zero attached hydrogens (tertiary/aromatic N) is 2. The van der Waals surface area contributed by atoms with E-state index in [9.17, 15) is 4.79 Å². The van der Waals surface area contributed by atoms with Gasteiger partial charge in [0.05, 0.1) is 12.3 Å². The van der Waals surface area contributed by atoms with Crippen LogP contribution in [0.4, 0.5) is 5.82 Å². The summed E-state index contributed by atoms with van der Waals surface area (Å²) in [6.45, 7) is 4.55. The zero-order valence-electron chi connectivity index (χ0n) is 12.5. The number of ether oxygens (including phenoxy) is 1. The predicted octanol–water partition coefficient (Wildman–Crippen LogP) is 2.60. The van der Waals surface area contributed by atoms with Crippen molar-refractivity contribution >= 4 is 11.7 Å². The minimum atomic E-state index is -0.00907. The van der Waals surface area contributed by atoms with E-state index in [4.69, 9.17) is 4.74 Å². The Labute approximate surface area is 123 Å². The van der Waals surface area contributed by atoms with Gasteiger partial charge < -0.3 is 10.1 Å². The van der Waals surface area contributed by atoms with Crippen molar-refractivity contribution in [1.29, 1.82) is 0 Å². The number of fused-ring (bicyclic) bond motifs is 1. The molecule has 2 heterocycles. The van der Waals surface area contributed by atoms with Gasteiger partial charge in [0.1, 0.15) is 11.6 Å². The maximum Gasteiger partial charge on any atom is 0.226 e. The molecule has 1 aromatic carbocycles. The van der Waals surface area contributed by atoms with Crippen molar-refractivity contribution in [3.63, 3.8) is 0 Å². The van der Waals surface area contributed by atoms with Gasteiger partial charge in [-0.2, -0.15) is 5.10 Å². The molecular formula is C16H19N3O2. The fraction of sp³-hybridized carbons (Fsp3) is 0.375. The average Bonchev–Trinajstić information content (AvgIpc) is 2.74. The predicted molar refractivity (Wildman–Crippen MR) is 80.6 cm³/mol. The number of aromatic nitrogens is 2. The molecule has 2 aromatic rings. The lowest BCUT2D eigenvalue weighted by Gasteiger charge is -2.25. The Morgan fingerprint density at radius 3 is 2.95 bits per heavy atom. The fourth-order valence-corrected chi connectivity index (χ4v) is 3.03. The summed E-state index contributed by atoms with van der Waals surface area (Å²) >= 11 is 0. The van der Waals surface area contributed by atoms with Gasteiger partial charge >= 0.3 is 0 Å². The molecule has 0 aliphatic carbocycles. The molecule has 1 amide bonds. The summed E-state index contributed by atoms with van der Waals surface area (Å²) < 4.78 is 7.46. The quantitative estimate of drug-likeness (QED) is 0.943. The SMILES string of the molecule is CCOc1ccccc1[C@H]1CC(=O)Nc2c1c(C)nn2C. The van der Waals surface area contributed by atoms with Gasteiger partial charge in [-0.05, 0) is 19.9 Å². The minimum absolute atomic E-state index is 0.00907. The van der Waals surface area contributed by atoms with E-state index in [-0.39, 0.29) is 11.8 Å². The molecule has 0 spiro atoms. The van der Waals surface area contributed by atoms with E-state index in [1.165, 1.54) is 0 Å². The zero-order valence-corrected chi connectivity index (χ0v) is 12.5. The van der Waals surface area contributed by atoms with Gasteiger partial charge in [0.15, 0.2) is 0 Å². The van der Waals surface area contributed by atoms with Crippen molar-refractivity contribution in [2.45, 2.75) is 26.2 Å². The largest absolute Gasteiger partial charge is 0.494 e. The minimum Gasteiger partial charge on any atom is -0.494 e. The first-order valence-corrected chi connectivity index (χ1v) is 7.16. The van der Waals surface area contributed by atoms with Crippen LogP contribution in [0.1, 0.15) is 36.1 Å². The number of amides is 1. The first-order valence-electron chi connectivity index (χ1n) is 7.16. The molecule has 0 radical (unpaired) electrons. The van der Waals surface area contributed by atoms with E-state index >= 15 is 0 Å². The first kappa shape index (κ1) is 13.7. The highest BCUT2D eigenvalue weighted by molar-refractivity contribution is 5.94. The molecule has 1 aliphatic heterocycles. The molecule has 1 atom stereocenters. The third kappa shape index (κ3) is 2.28. The Morgan fingerprint density at radius 1 is 1.43 bits per heavy atom. The molecule has 1 N–H and O–H groups in total. The van der Waals surface area contributed by atoms with E-state index in [0.717, 1.165) is 28.4 Å². The topological polar surface area (TPSA) is 56.1 Å². The van der Waals surface area contributed by atoms with Crippen molar-refractivity contribution in [2.24, 2.45) is 7.05 Å². The van der Waals surface area contributed by atoms with Crippen molar-refractivity contribution < 1.29 is 9.53 Å². The third-order valence-electron chi connectivity index (χ3n) is 3.86. The normalized spacial score (nSPS) is 17.3. The van der Waals surface area contributed by atoms with Gasteiger partial charge in [-0.15, -0.1) is 0 Å². The summed E-state index contributed by atoms with van der Waals surface area (Å²) in [5.41, 5.74) is 3.08. The highest BCUT2D eigenvalue weighted by atomic mass is 16.5. The summed E-state index contributed by atoms with van der Waals surface area (Å²) in [6.07, 6.45) is 0.420. The molecule has 21 heavy (non-hydrogen) atoms. The molecule has 0 saturated carbocycles. The van der Waals surface area contributed by atoms with E-state index in [2.05, 4.69) is 10.4 Å². The molecule has 0 unspecified atom stereocenters. The Morgan fingerprint density at radius 2 is 2.19 bits per heavy atom. The molecule has 3 rings (SSSR count). The lowest BCUT2D eigenvalue weighted by Crippen LogP contribution is -2.25. The van der Waals surface area contributed by atoms with Gasteiger partial charge in [-0.25, -0.2) is 0 Å². The summed E-state index contributed by atoms with van der Waals surface area (Å²) in [7, 11) is 1.85. The number of carbonyl (C=O) groups is 1. The van der Waals surface area contributed by atoms with E-state index in [1.807, 2.05) is 45.2 Å². The number of aryl methyl sites for hydroxylation is 2. The van der Waals surface area contributed by atoms with Crippen LogP contribution in [0.5, 0.6) is 5.75 Å². The van der Waals surface area contributed by atoms with Crippen LogP contribution in [-0.4, -0.2) is 22.3 Å². The summed E-state index contributed by atoms with van der Waals surface area (Å²) in [6, 6.07) is 7.92. The molecule has 0 saturated heterocycles. The molecule has 0 fully saturated rings. The van der Waals surface area contributed by atoms with Crippen LogP contribution in [0.2, 0.25) is 0 Å². The average molecular weight is 285 g/mol. The van der Waals surface area contributed by atoms with E-state index in [0.29, 0.717) is 13.0 Å². The fourth-order valence-electron chi connectivity index (χ4n) is 3.03. The van der Waals surface area contributed by atoms with Crippen LogP contribution in [0, 0.1) is 6.92 Å².